The first-order chi connectivity index (χ1) is 7.14. The van der Waals surface area contributed by atoms with Gasteiger partial charge in [-0.1, -0.05) is 0 Å². The van der Waals surface area contributed by atoms with E-state index in [0.29, 0.717) is 13.0 Å². The molecule has 1 aromatic heterocycles. The summed E-state index contributed by atoms with van der Waals surface area (Å²) in [5, 5.41) is 9.04. The van der Waals surface area contributed by atoms with Crippen LogP contribution in [0.1, 0.15) is 18.4 Å². The van der Waals surface area contributed by atoms with Crippen molar-refractivity contribution in [3.63, 3.8) is 0 Å². The van der Waals surface area contributed by atoms with Gasteiger partial charge in [0, 0.05) is 18.9 Å². The van der Waals surface area contributed by atoms with Gasteiger partial charge in [0.05, 0.1) is 0 Å². The second kappa shape index (κ2) is 3.51. The minimum absolute atomic E-state index is 0.494. The Labute approximate surface area is 87.5 Å². The topological polar surface area (TPSA) is 79.5 Å². The number of nitrogens with zero attached hydrogens (tertiary/aromatic N) is 2. The predicted molar refractivity (Wildman–Crippen MR) is 54.1 cm³/mol. The number of carbonyl (C=O) groups is 1. The van der Waals surface area contributed by atoms with Crippen LogP contribution in [0.25, 0.3) is 0 Å². The second-order valence-electron chi connectivity index (χ2n) is 3.70. The zero-order valence-corrected chi connectivity index (χ0v) is 8.26. The average molecular weight is 207 g/mol. The number of pyridine rings is 1. The monoisotopic (exact) mass is 207 g/mol. The third-order valence-corrected chi connectivity index (χ3v) is 2.83. The molecule has 0 aromatic carbocycles. The molecule has 3 N–H and O–H groups in total. The number of likely N-dealkylation sites (tertiary alicyclic amines) is 1. The van der Waals surface area contributed by atoms with E-state index >= 15 is 0 Å². The first-order valence-corrected chi connectivity index (χ1v) is 4.84. The highest BCUT2D eigenvalue weighted by molar-refractivity contribution is 5.67. The molecule has 0 spiro atoms. The summed E-state index contributed by atoms with van der Waals surface area (Å²) in [4.78, 5) is 16.2. The van der Waals surface area contributed by atoms with E-state index in [1.54, 1.807) is 24.5 Å². The number of nitrogens with two attached hydrogens (primary N) is 1. The number of hydrogen-bond donors (Lipinski definition) is 2. The lowest BCUT2D eigenvalue weighted by Crippen LogP contribution is -2.51. The lowest BCUT2D eigenvalue weighted by molar-refractivity contribution is 0.104. The van der Waals surface area contributed by atoms with Crippen LogP contribution in [-0.2, 0) is 5.66 Å². The molecule has 1 fully saturated rings. The van der Waals surface area contributed by atoms with Crippen molar-refractivity contribution in [2.75, 3.05) is 6.54 Å². The fourth-order valence-electron chi connectivity index (χ4n) is 2.05. The van der Waals surface area contributed by atoms with E-state index in [4.69, 9.17) is 10.8 Å². The number of hydrogen-bond acceptors (Lipinski definition) is 3. The zero-order valence-electron chi connectivity index (χ0n) is 8.26. The second-order valence-corrected chi connectivity index (χ2v) is 3.70. The molecule has 1 aromatic rings. The third-order valence-electron chi connectivity index (χ3n) is 2.83. The van der Waals surface area contributed by atoms with Crippen molar-refractivity contribution in [1.82, 2.24) is 9.88 Å². The molecular formula is C10H13N3O2. The normalized spacial score (nSPS) is 25.5. The molecule has 80 valence electrons. The molecule has 0 radical (unpaired) electrons. The molecule has 0 bridgehead atoms. The minimum atomic E-state index is -0.966. The molecule has 5 nitrogen and oxygen atoms in total. The number of aromatic nitrogens is 1. The smallest absolute Gasteiger partial charge is 0.409 e. The molecule has 0 aliphatic carbocycles. The first-order valence-electron chi connectivity index (χ1n) is 4.84. The highest BCUT2D eigenvalue weighted by Gasteiger charge is 2.41. The van der Waals surface area contributed by atoms with Gasteiger partial charge in [-0.2, -0.15) is 0 Å². The van der Waals surface area contributed by atoms with Crippen LogP contribution < -0.4 is 5.73 Å². The van der Waals surface area contributed by atoms with Crippen molar-refractivity contribution in [3.8, 4) is 0 Å². The summed E-state index contributed by atoms with van der Waals surface area (Å²) in [6, 6.07) is 3.53. The van der Waals surface area contributed by atoms with Gasteiger partial charge in [-0.25, -0.2) is 4.79 Å². The molecule has 1 saturated heterocycles. The van der Waals surface area contributed by atoms with Crippen molar-refractivity contribution in [1.29, 1.82) is 0 Å². The van der Waals surface area contributed by atoms with Crippen LogP contribution >= 0.6 is 0 Å². The minimum Gasteiger partial charge on any atom is -0.465 e. The highest BCUT2D eigenvalue weighted by Crippen LogP contribution is 2.33. The van der Waals surface area contributed by atoms with Crippen LogP contribution in [0.3, 0.4) is 0 Å². The lowest BCUT2D eigenvalue weighted by atomic mass is 9.99. The summed E-state index contributed by atoms with van der Waals surface area (Å²) in [6.07, 6.45) is 3.74. The van der Waals surface area contributed by atoms with Crippen molar-refractivity contribution in [2.24, 2.45) is 5.73 Å². The van der Waals surface area contributed by atoms with Gasteiger partial charge >= 0.3 is 6.09 Å². The molecular weight excluding hydrogens is 194 g/mol. The Morgan fingerprint density at radius 2 is 2.20 bits per heavy atom. The number of amides is 1. The fourth-order valence-corrected chi connectivity index (χ4v) is 2.05. The van der Waals surface area contributed by atoms with Crippen LogP contribution in [0.15, 0.2) is 24.5 Å². The van der Waals surface area contributed by atoms with E-state index in [-0.39, 0.29) is 0 Å². The largest absolute Gasteiger partial charge is 0.465 e. The van der Waals surface area contributed by atoms with E-state index in [9.17, 15) is 4.79 Å². The predicted octanol–water partition coefficient (Wildman–Crippen LogP) is 0.967. The van der Waals surface area contributed by atoms with E-state index < -0.39 is 11.8 Å². The van der Waals surface area contributed by atoms with Crippen molar-refractivity contribution in [2.45, 2.75) is 18.5 Å². The molecule has 5 heteroatoms. The van der Waals surface area contributed by atoms with Crippen molar-refractivity contribution >= 4 is 6.09 Å². The van der Waals surface area contributed by atoms with E-state index in [1.165, 1.54) is 4.90 Å². The fraction of sp³-hybridized carbons (Fsp3) is 0.400. The molecule has 1 amide bonds. The quantitative estimate of drug-likeness (QED) is 0.719. The van der Waals surface area contributed by atoms with Gasteiger partial charge in [0.1, 0.15) is 5.66 Å². The lowest BCUT2D eigenvalue weighted by Gasteiger charge is -2.33. The van der Waals surface area contributed by atoms with Crippen molar-refractivity contribution < 1.29 is 9.90 Å². The molecule has 1 aliphatic heterocycles. The third kappa shape index (κ3) is 1.55. The standard InChI is InChI=1S/C10H13N3O2/c11-10(8-2-5-12-6-3-8)4-1-7-13(10)9(14)15/h2-3,5-6H,1,4,7,11H2,(H,14,15). The highest BCUT2D eigenvalue weighted by atomic mass is 16.4. The number of rotatable bonds is 1. The maximum absolute atomic E-state index is 11.0. The summed E-state index contributed by atoms with van der Waals surface area (Å²) in [7, 11) is 0. The van der Waals surface area contributed by atoms with E-state index in [2.05, 4.69) is 4.98 Å². The van der Waals surface area contributed by atoms with Crippen LogP contribution in [0.4, 0.5) is 4.79 Å². The van der Waals surface area contributed by atoms with E-state index in [0.717, 1.165) is 12.0 Å². The Bertz CT molecular complexity index is 368. The van der Waals surface area contributed by atoms with Crippen LogP contribution in [0, 0.1) is 0 Å². The van der Waals surface area contributed by atoms with E-state index in [1.807, 2.05) is 0 Å². The van der Waals surface area contributed by atoms with Gasteiger partial charge in [0.25, 0.3) is 0 Å². The number of carboxylic acid groups (broad SMARTS) is 1. The summed E-state index contributed by atoms with van der Waals surface area (Å²) in [5.74, 6) is 0. The molecule has 2 rings (SSSR count). The van der Waals surface area contributed by atoms with Gasteiger partial charge in [0.15, 0.2) is 0 Å². The summed E-state index contributed by atoms with van der Waals surface area (Å²) in [5.41, 5.74) is 6.07. The molecule has 1 atom stereocenters. The van der Waals surface area contributed by atoms with Crippen LogP contribution in [0.2, 0.25) is 0 Å². The molecule has 1 aliphatic rings. The Morgan fingerprint density at radius 3 is 2.80 bits per heavy atom. The summed E-state index contributed by atoms with van der Waals surface area (Å²) in [6.45, 7) is 0.494. The van der Waals surface area contributed by atoms with Crippen LogP contribution in [-0.4, -0.2) is 27.6 Å². The Hall–Kier alpha value is -1.62. The van der Waals surface area contributed by atoms with Gasteiger partial charge in [-0.05, 0) is 30.5 Å². The molecule has 0 saturated carbocycles. The Balaban J connectivity index is 2.37. The molecule has 15 heavy (non-hydrogen) atoms. The maximum atomic E-state index is 11.0. The zero-order chi connectivity index (χ0) is 10.9. The maximum Gasteiger partial charge on any atom is 0.409 e. The Kier molecular flexibility index (Phi) is 2.32. The van der Waals surface area contributed by atoms with Gasteiger partial charge in [-0.15, -0.1) is 0 Å². The van der Waals surface area contributed by atoms with Crippen molar-refractivity contribution in [3.05, 3.63) is 30.1 Å². The SMILES string of the molecule is NC1(c2ccncc2)CCCN1C(=O)O. The van der Waals surface area contributed by atoms with Gasteiger partial charge in [0.2, 0.25) is 0 Å². The van der Waals surface area contributed by atoms with Gasteiger partial charge in [-0.3, -0.25) is 9.88 Å². The average Bonchev–Trinajstić information content (AvgIpc) is 2.63. The molecule has 2 heterocycles. The molecule has 1 unspecified atom stereocenters. The Morgan fingerprint density at radius 1 is 1.53 bits per heavy atom. The van der Waals surface area contributed by atoms with Gasteiger partial charge < -0.3 is 10.8 Å². The summed E-state index contributed by atoms with van der Waals surface area (Å²) < 4.78 is 0. The first kappa shape index (κ1) is 9.92. The van der Waals surface area contributed by atoms with Crippen LogP contribution in [0.5, 0.6) is 0 Å². The summed E-state index contributed by atoms with van der Waals surface area (Å²) >= 11 is 0.